The summed E-state index contributed by atoms with van der Waals surface area (Å²) in [5.41, 5.74) is -1.21. The fourth-order valence-electron chi connectivity index (χ4n) is 2.51. The van der Waals surface area contributed by atoms with Crippen LogP contribution in [0.25, 0.3) is 0 Å². The summed E-state index contributed by atoms with van der Waals surface area (Å²) in [5.74, 6) is -0.793. The van der Waals surface area contributed by atoms with Crippen LogP contribution in [0.4, 0.5) is 0 Å². The van der Waals surface area contributed by atoms with Crippen LogP contribution in [0.15, 0.2) is 0 Å². The zero-order chi connectivity index (χ0) is 16.3. The lowest BCUT2D eigenvalue weighted by Crippen LogP contribution is -2.43. The van der Waals surface area contributed by atoms with E-state index in [0.29, 0.717) is 25.7 Å². The smallest absolute Gasteiger partial charge is 0.323 e. The highest BCUT2D eigenvalue weighted by molar-refractivity contribution is 6.00. The fraction of sp³-hybridized carbons (Fsp3) is 0.875. The molecule has 0 aromatic heterocycles. The molecule has 5 heteroatoms. The number of carbonyl (C=O) groups is 2. The lowest BCUT2D eigenvalue weighted by atomic mass is 9.76. The van der Waals surface area contributed by atoms with Gasteiger partial charge in [0.05, 0.1) is 13.2 Å². The average Bonchev–Trinajstić information content (AvgIpc) is 2.42. The third-order valence-corrected chi connectivity index (χ3v) is 3.35. The molecule has 0 bridgehead atoms. The minimum Gasteiger partial charge on any atom is -0.465 e. The van der Waals surface area contributed by atoms with Gasteiger partial charge in [0.1, 0.15) is 0 Å². The highest BCUT2D eigenvalue weighted by Gasteiger charge is 2.48. The first-order valence-electron chi connectivity index (χ1n) is 7.89. The number of unbranched alkanes of at least 4 members (excludes halogenated alkanes) is 2. The van der Waals surface area contributed by atoms with E-state index in [0.717, 1.165) is 6.42 Å². The molecule has 0 aliphatic heterocycles. The zero-order valence-corrected chi connectivity index (χ0v) is 13.8. The number of esters is 2. The molecule has 124 valence electrons. The molecule has 0 saturated carbocycles. The monoisotopic (exact) mass is 302 g/mol. The van der Waals surface area contributed by atoms with E-state index in [1.807, 2.05) is 13.8 Å². The number of hydrogen-bond acceptors (Lipinski definition) is 5. The van der Waals surface area contributed by atoms with Gasteiger partial charge >= 0.3 is 11.9 Å². The second kappa shape index (κ2) is 10.6. The van der Waals surface area contributed by atoms with Gasteiger partial charge in [0.25, 0.3) is 0 Å². The molecule has 0 rings (SSSR count). The van der Waals surface area contributed by atoms with Gasteiger partial charge in [-0.3, -0.25) is 9.59 Å². The summed E-state index contributed by atoms with van der Waals surface area (Å²) >= 11 is 0. The first kappa shape index (κ1) is 19.9. The Hall–Kier alpha value is -1.10. The van der Waals surface area contributed by atoms with E-state index < -0.39 is 17.4 Å². The van der Waals surface area contributed by atoms with Crippen molar-refractivity contribution < 1.29 is 24.2 Å². The number of rotatable bonds is 11. The molecule has 0 aromatic rings. The molecule has 1 N–H and O–H groups in total. The molecule has 21 heavy (non-hydrogen) atoms. The van der Waals surface area contributed by atoms with Crippen LogP contribution in [-0.2, 0) is 19.1 Å². The highest BCUT2D eigenvalue weighted by Crippen LogP contribution is 2.36. The molecule has 0 saturated heterocycles. The number of aliphatic hydroxyl groups is 1. The van der Waals surface area contributed by atoms with Crippen molar-refractivity contribution >= 4 is 11.9 Å². The molecule has 0 heterocycles. The minimum absolute atomic E-state index is 0.121. The Bertz CT molecular complexity index is 294. The Labute approximate surface area is 128 Å². The van der Waals surface area contributed by atoms with Gasteiger partial charge in [0.15, 0.2) is 5.41 Å². The molecule has 0 aromatic carbocycles. The third-order valence-electron chi connectivity index (χ3n) is 3.35. The number of hydrogen-bond donors (Lipinski definition) is 1. The van der Waals surface area contributed by atoms with Gasteiger partial charge in [0, 0.05) is 6.61 Å². The Morgan fingerprint density at radius 1 is 1.00 bits per heavy atom. The Morgan fingerprint density at radius 2 is 1.52 bits per heavy atom. The van der Waals surface area contributed by atoms with Crippen molar-refractivity contribution in [2.24, 2.45) is 11.3 Å². The van der Waals surface area contributed by atoms with Crippen molar-refractivity contribution in [3.8, 4) is 0 Å². The van der Waals surface area contributed by atoms with E-state index in [-0.39, 0.29) is 25.7 Å². The summed E-state index contributed by atoms with van der Waals surface area (Å²) in [6.45, 7) is 8.02. The number of ether oxygens (including phenoxy) is 2. The van der Waals surface area contributed by atoms with E-state index in [2.05, 4.69) is 0 Å². The molecule has 0 radical (unpaired) electrons. The van der Waals surface area contributed by atoms with Crippen molar-refractivity contribution in [2.45, 2.75) is 59.8 Å². The predicted molar refractivity (Wildman–Crippen MR) is 80.7 cm³/mol. The van der Waals surface area contributed by atoms with Gasteiger partial charge in [0.2, 0.25) is 0 Å². The van der Waals surface area contributed by atoms with Crippen LogP contribution in [0.3, 0.4) is 0 Å². The van der Waals surface area contributed by atoms with Gasteiger partial charge in [-0.25, -0.2) is 0 Å². The Kier molecular flexibility index (Phi) is 10.0. The lowest BCUT2D eigenvalue weighted by Gasteiger charge is -2.30. The second-order valence-electron chi connectivity index (χ2n) is 5.66. The molecule has 5 nitrogen and oxygen atoms in total. The Balaban J connectivity index is 5.18. The van der Waals surface area contributed by atoms with Crippen LogP contribution in [0.5, 0.6) is 0 Å². The van der Waals surface area contributed by atoms with Crippen LogP contribution in [0.1, 0.15) is 59.8 Å². The van der Waals surface area contributed by atoms with E-state index in [1.165, 1.54) is 0 Å². The summed E-state index contributed by atoms with van der Waals surface area (Å²) in [7, 11) is 0. The third kappa shape index (κ3) is 6.46. The zero-order valence-electron chi connectivity index (χ0n) is 13.8. The summed E-state index contributed by atoms with van der Waals surface area (Å²) in [6.07, 6.45) is 2.95. The average molecular weight is 302 g/mol. The van der Waals surface area contributed by atoms with Crippen molar-refractivity contribution in [3.05, 3.63) is 0 Å². The van der Waals surface area contributed by atoms with Crippen LogP contribution >= 0.6 is 0 Å². The lowest BCUT2D eigenvalue weighted by molar-refractivity contribution is -0.174. The topological polar surface area (TPSA) is 72.8 Å². The van der Waals surface area contributed by atoms with Crippen LogP contribution < -0.4 is 0 Å². The van der Waals surface area contributed by atoms with Crippen molar-refractivity contribution in [2.75, 3.05) is 19.8 Å². The predicted octanol–water partition coefficient (Wildman–Crippen LogP) is 2.70. The van der Waals surface area contributed by atoms with Crippen molar-refractivity contribution in [3.63, 3.8) is 0 Å². The first-order valence-corrected chi connectivity index (χ1v) is 7.89. The first-order chi connectivity index (χ1) is 9.94. The fourth-order valence-corrected chi connectivity index (χ4v) is 2.51. The van der Waals surface area contributed by atoms with Crippen molar-refractivity contribution in [1.82, 2.24) is 0 Å². The van der Waals surface area contributed by atoms with E-state index in [4.69, 9.17) is 14.6 Å². The molecule has 0 unspecified atom stereocenters. The van der Waals surface area contributed by atoms with Gasteiger partial charge in [-0.05, 0) is 39.0 Å². The van der Waals surface area contributed by atoms with Gasteiger partial charge in [-0.2, -0.15) is 0 Å². The van der Waals surface area contributed by atoms with Gasteiger partial charge < -0.3 is 14.6 Å². The molecular weight excluding hydrogens is 272 g/mol. The summed E-state index contributed by atoms with van der Waals surface area (Å²) in [5, 5.41) is 8.84. The number of aliphatic hydroxyl groups excluding tert-OH is 1. The molecule has 0 atom stereocenters. The summed E-state index contributed by atoms with van der Waals surface area (Å²) in [6, 6.07) is 0. The van der Waals surface area contributed by atoms with E-state index in [9.17, 15) is 9.59 Å². The standard InChI is InChI=1S/C16H30O5/c1-5-20-14(18)16(12-13(3)4,15(19)21-6-2)10-8-7-9-11-17/h13,17H,5-12H2,1-4H3. The maximum Gasteiger partial charge on any atom is 0.323 e. The minimum atomic E-state index is -1.21. The molecule has 0 amide bonds. The van der Waals surface area contributed by atoms with E-state index >= 15 is 0 Å². The van der Waals surface area contributed by atoms with Gasteiger partial charge in [-0.15, -0.1) is 0 Å². The maximum atomic E-state index is 12.4. The summed E-state index contributed by atoms with van der Waals surface area (Å²) in [4.78, 5) is 24.8. The number of carbonyl (C=O) groups excluding carboxylic acids is 2. The quantitative estimate of drug-likeness (QED) is 0.361. The van der Waals surface area contributed by atoms with Crippen LogP contribution in [-0.4, -0.2) is 36.9 Å². The van der Waals surface area contributed by atoms with Crippen molar-refractivity contribution in [1.29, 1.82) is 0 Å². The van der Waals surface area contributed by atoms with Gasteiger partial charge in [-0.1, -0.05) is 26.7 Å². The molecular formula is C16H30O5. The molecule has 0 aliphatic carbocycles. The van der Waals surface area contributed by atoms with Crippen LogP contribution in [0, 0.1) is 11.3 Å². The summed E-state index contributed by atoms with van der Waals surface area (Å²) < 4.78 is 10.3. The van der Waals surface area contributed by atoms with Crippen LogP contribution in [0.2, 0.25) is 0 Å². The highest BCUT2D eigenvalue weighted by atomic mass is 16.6. The normalized spacial score (nSPS) is 11.5. The largest absolute Gasteiger partial charge is 0.465 e. The SMILES string of the molecule is CCOC(=O)C(CCCCCO)(CC(C)C)C(=O)OCC. The molecule has 0 fully saturated rings. The molecule has 0 aliphatic rings. The van der Waals surface area contributed by atoms with E-state index in [1.54, 1.807) is 13.8 Å². The second-order valence-corrected chi connectivity index (χ2v) is 5.66. The molecule has 0 spiro atoms. The Morgan fingerprint density at radius 3 is 1.90 bits per heavy atom. The maximum absolute atomic E-state index is 12.4.